The number of hydrogen-bond donors (Lipinski definition) is 3. The lowest BCUT2D eigenvalue weighted by Gasteiger charge is -2.27. The van der Waals surface area contributed by atoms with Crippen molar-refractivity contribution in [2.24, 2.45) is 23.3 Å². The summed E-state index contributed by atoms with van der Waals surface area (Å²) in [6, 6.07) is 22.1. The Hall–Kier alpha value is -4.18. The Balaban J connectivity index is 0.000000210. The van der Waals surface area contributed by atoms with Crippen LogP contribution in [0.4, 0.5) is 10.2 Å². The number of benzene rings is 2. The molecular weight excluding hydrogens is 699 g/mol. The first kappa shape index (κ1) is 41.0. The van der Waals surface area contributed by atoms with Crippen LogP contribution in [0.25, 0.3) is 27.8 Å². The Labute approximate surface area is 325 Å². The molecule has 5 N–H and O–H groups in total. The van der Waals surface area contributed by atoms with E-state index in [2.05, 4.69) is 75.1 Å². The molecule has 1 aliphatic rings. The quantitative estimate of drug-likeness (QED) is 0.103. The fraction of sp³-hybridized carbons (Fsp3) is 0.455. The highest BCUT2D eigenvalue weighted by Crippen LogP contribution is 2.33. The van der Waals surface area contributed by atoms with Crippen molar-refractivity contribution < 1.29 is 13.9 Å². The fourth-order valence-electron chi connectivity index (χ4n) is 7.36. The molecule has 0 bridgehead atoms. The normalized spacial score (nSPS) is 17.9. The van der Waals surface area contributed by atoms with Crippen molar-refractivity contribution in [3.63, 3.8) is 0 Å². The van der Waals surface area contributed by atoms with Gasteiger partial charge in [-0.15, -0.1) is 0 Å². The maximum Gasteiger partial charge on any atom is 0.138 e. The zero-order valence-electron chi connectivity index (χ0n) is 32.9. The average Bonchev–Trinajstić information content (AvgIpc) is 3.72. The maximum atomic E-state index is 13.4. The largest absolute Gasteiger partial charge is 0.491 e. The van der Waals surface area contributed by atoms with E-state index in [9.17, 15) is 4.39 Å². The summed E-state index contributed by atoms with van der Waals surface area (Å²) in [5.41, 5.74) is 18.4. The second-order valence-electron chi connectivity index (χ2n) is 16.5. The predicted octanol–water partition coefficient (Wildman–Crippen LogP) is 10.3. The summed E-state index contributed by atoms with van der Waals surface area (Å²) < 4.78 is 27.2. The molecule has 0 spiro atoms. The van der Waals surface area contributed by atoms with E-state index in [-0.39, 0.29) is 11.6 Å². The number of aromatic nitrogens is 3. The molecule has 2 aromatic carbocycles. The van der Waals surface area contributed by atoms with Gasteiger partial charge in [-0.2, -0.15) is 5.10 Å². The number of nitrogens with zero attached hydrogens (tertiary/aromatic N) is 3. The molecule has 4 unspecified atom stereocenters. The first-order valence-corrected chi connectivity index (χ1v) is 19.5. The van der Waals surface area contributed by atoms with Crippen molar-refractivity contribution in [1.82, 2.24) is 14.6 Å². The minimum absolute atomic E-state index is 0.142. The Morgan fingerprint density at radius 1 is 0.870 bits per heavy atom. The van der Waals surface area contributed by atoms with Crippen LogP contribution in [0, 0.1) is 18.8 Å². The molecule has 290 valence electrons. The molecule has 5 aromatic rings. The van der Waals surface area contributed by atoms with Crippen LogP contribution in [0.15, 0.2) is 85.3 Å². The summed E-state index contributed by atoms with van der Waals surface area (Å²) in [6.45, 7) is 15.7. The standard InChI is InChI=1S/C23H31ClFN3O.C21H27N3O/c1-15(2)13-23(3,26)14-29-21-7-4-16(10-20(21)24)17-8-9-27-22(11-17)28-19-6-5-18(25)12-19;1-15(2)12-21(4,22)14-25-20-9-8-17(11-16(20)3)18-13-23-24-10-6-5-7-19(18)24/h4,7-11,15,18-19H,5-6,12-14,26H2,1-3H3,(H,27,28);5-11,13,15H,12,14,22H2,1-4H3. The number of nitrogens with two attached hydrogens (primary N) is 2. The van der Waals surface area contributed by atoms with Gasteiger partial charge in [-0.25, -0.2) is 13.9 Å². The monoisotopic (exact) mass is 756 g/mol. The Morgan fingerprint density at radius 2 is 1.52 bits per heavy atom. The predicted molar refractivity (Wildman–Crippen MR) is 221 cm³/mol. The smallest absolute Gasteiger partial charge is 0.138 e. The molecular formula is C44H58ClFN6O2. The first-order valence-electron chi connectivity index (χ1n) is 19.1. The number of pyridine rings is 2. The molecule has 6 rings (SSSR count). The molecule has 8 nitrogen and oxygen atoms in total. The average molecular weight is 757 g/mol. The van der Waals surface area contributed by atoms with Crippen LogP contribution in [0.5, 0.6) is 11.5 Å². The molecule has 1 saturated carbocycles. The second kappa shape index (κ2) is 18.0. The number of alkyl halides is 1. The minimum atomic E-state index is -0.710. The zero-order chi connectivity index (χ0) is 39.0. The van der Waals surface area contributed by atoms with Crippen LogP contribution in [0.3, 0.4) is 0 Å². The summed E-state index contributed by atoms with van der Waals surface area (Å²) in [6.07, 6.45) is 8.72. The molecule has 3 heterocycles. The molecule has 0 saturated heterocycles. The van der Waals surface area contributed by atoms with E-state index in [1.807, 2.05) is 72.4 Å². The SMILES string of the molecule is CC(C)CC(C)(N)COc1ccc(-c2ccnc(NC3CCC(F)C3)c2)cc1Cl.Cc1cc(-c2cnn3ccccc23)ccc1OCC(C)(N)CC(C)C. The van der Waals surface area contributed by atoms with Gasteiger partial charge in [-0.05, 0) is 135 Å². The summed E-state index contributed by atoms with van der Waals surface area (Å²) in [4.78, 5) is 4.37. The van der Waals surface area contributed by atoms with Crippen molar-refractivity contribution in [2.45, 2.75) is 104 Å². The van der Waals surface area contributed by atoms with Crippen LogP contribution >= 0.6 is 11.6 Å². The molecule has 54 heavy (non-hydrogen) atoms. The van der Waals surface area contributed by atoms with Gasteiger partial charge in [0.2, 0.25) is 0 Å². The number of aryl methyl sites for hydroxylation is 1. The van der Waals surface area contributed by atoms with Gasteiger partial charge in [0.05, 0.1) is 16.7 Å². The zero-order valence-corrected chi connectivity index (χ0v) is 33.7. The molecule has 0 radical (unpaired) electrons. The summed E-state index contributed by atoms with van der Waals surface area (Å²) >= 11 is 6.47. The summed E-state index contributed by atoms with van der Waals surface area (Å²) in [5.74, 6) is 3.33. The van der Waals surface area contributed by atoms with E-state index >= 15 is 0 Å². The number of ether oxygens (including phenoxy) is 2. The van der Waals surface area contributed by atoms with Crippen LogP contribution in [-0.4, -0.2) is 51.1 Å². The van der Waals surface area contributed by atoms with E-state index in [4.69, 9.17) is 32.5 Å². The highest BCUT2D eigenvalue weighted by atomic mass is 35.5. The molecule has 1 aliphatic carbocycles. The van der Waals surface area contributed by atoms with Crippen molar-refractivity contribution in [2.75, 3.05) is 18.5 Å². The first-order chi connectivity index (χ1) is 25.6. The van der Waals surface area contributed by atoms with Crippen molar-refractivity contribution in [1.29, 1.82) is 0 Å². The molecule has 0 amide bonds. The number of hydrogen-bond acceptors (Lipinski definition) is 7. The fourth-order valence-corrected chi connectivity index (χ4v) is 7.59. The molecule has 1 fully saturated rings. The Morgan fingerprint density at radius 3 is 2.15 bits per heavy atom. The van der Waals surface area contributed by atoms with Gasteiger partial charge in [0.15, 0.2) is 0 Å². The number of nitrogens with one attached hydrogen (secondary N) is 1. The summed E-state index contributed by atoms with van der Waals surface area (Å²) in [5, 5.41) is 8.30. The van der Waals surface area contributed by atoms with Crippen molar-refractivity contribution in [3.8, 4) is 33.8 Å². The lowest BCUT2D eigenvalue weighted by atomic mass is 9.93. The lowest BCUT2D eigenvalue weighted by Crippen LogP contribution is -2.43. The lowest BCUT2D eigenvalue weighted by molar-refractivity contribution is 0.206. The minimum Gasteiger partial charge on any atom is -0.491 e. The maximum absolute atomic E-state index is 13.4. The highest BCUT2D eigenvalue weighted by molar-refractivity contribution is 6.32. The van der Waals surface area contributed by atoms with Crippen molar-refractivity contribution in [3.05, 3.63) is 95.9 Å². The molecule has 0 aliphatic heterocycles. The highest BCUT2D eigenvalue weighted by Gasteiger charge is 2.25. The van der Waals surface area contributed by atoms with E-state index in [0.717, 1.165) is 64.2 Å². The van der Waals surface area contributed by atoms with E-state index in [1.165, 1.54) is 0 Å². The van der Waals surface area contributed by atoms with E-state index in [1.54, 1.807) is 6.20 Å². The number of anilines is 1. The van der Waals surface area contributed by atoms with Crippen LogP contribution in [-0.2, 0) is 0 Å². The number of fused-ring (bicyclic) bond motifs is 1. The van der Waals surface area contributed by atoms with Gasteiger partial charge in [0, 0.05) is 35.1 Å². The van der Waals surface area contributed by atoms with Crippen LogP contribution < -0.4 is 26.3 Å². The van der Waals surface area contributed by atoms with Gasteiger partial charge in [-0.1, -0.05) is 57.5 Å². The summed E-state index contributed by atoms with van der Waals surface area (Å²) in [7, 11) is 0. The van der Waals surface area contributed by atoms with Gasteiger partial charge in [0.25, 0.3) is 0 Å². The molecule has 3 aromatic heterocycles. The second-order valence-corrected chi connectivity index (χ2v) is 16.9. The number of halogens is 2. The van der Waals surface area contributed by atoms with E-state index < -0.39 is 11.7 Å². The Kier molecular flexibility index (Phi) is 13.6. The van der Waals surface area contributed by atoms with Gasteiger partial charge >= 0.3 is 0 Å². The Bertz CT molecular complexity index is 1980. The third kappa shape index (κ3) is 11.7. The molecule has 10 heteroatoms. The third-order valence-electron chi connectivity index (χ3n) is 9.52. The van der Waals surface area contributed by atoms with Gasteiger partial charge in [-0.3, -0.25) is 0 Å². The molecule has 4 atom stereocenters. The topological polar surface area (TPSA) is 113 Å². The van der Waals surface area contributed by atoms with Crippen LogP contribution in [0.1, 0.15) is 79.2 Å². The van der Waals surface area contributed by atoms with Crippen molar-refractivity contribution >= 4 is 22.9 Å². The number of rotatable bonds is 14. The van der Waals surface area contributed by atoms with Crippen LogP contribution in [0.2, 0.25) is 5.02 Å². The van der Waals surface area contributed by atoms with Gasteiger partial charge in [0.1, 0.15) is 36.7 Å². The van der Waals surface area contributed by atoms with Gasteiger partial charge < -0.3 is 26.3 Å². The van der Waals surface area contributed by atoms with E-state index in [0.29, 0.717) is 48.7 Å². The third-order valence-corrected chi connectivity index (χ3v) is 9.82.